The molecule has 27 heavy (non-hydrogen) atoms. The molecule has 0 saturated carbocycles. The van der Waals surface area contributed by atoms with Crippen molar-refractivity contribution in [2.75, 3.05) is 39.9 Å². The summed E-state index contributed by atoms with van der Waals surface area (Å²) in [6.07, 6.45) is 5.52. The Bertz CT molecular complexity index is 657. The van der Waals surface area contributed by atoms with Crippen molar-refractivity contribution < 1.29 is 9.15 Å². The fourth-order valence-corrected chi connectivity index (χ4v) is 3.75. The van der Waals surface area contributed by atoms with Gasteiger partial charge >= 0.3 is 0 Å². The molecule has 3 heterocycles. The van der Waals surface area contributed by atoms with Crippen molar-refractivity contribution in [2.24, 2.45) is 10.9 Å². The summed E-state index contributed by atoms with van der Waals surface area (Å²) in [5.74, 6) is 2.82. The summed E-state index contributed by atoms with van der Waals surface area (Å²) in [5.41, 5.74) is 0. The van der Waals surface area contributed by atoms with Gasteiger partial charge in [-0.2, -0.15) is 0 Å². The number of hydrogen-bond donors (Lipinski definition) is 1. The van der Waals surface area contributed by atoms with Crippen molar-refractivity contribution in [3.05, 3.63) is 40.7 Å². The van der Waals surface area contributed by atoms with Crippen LogP contribution in [0.5, 0.6) is 0 Å². The van der Waals surface area contributed by atoms with Gasteiger partial charge in [0.25, 0.3) is 0 Å². The topological polar surface area (TPSA) is 62.9 Å². The molecule has 1 saturated heterocycles. The smallest absolute Gasteiger partial charge is 0.193 e. The number of nitrogens with zero attached hydrogens (tertiary/aromatic N) is 3. The summed E-state index contributed by atoms with van der Waals surface area (Å²) in [4.78, 5) is 11.5. The van der Waals surface area contributed by atoms with E-state index < -0.39 is 0 Å². The van der Waals surface area contributed by atoms with E-state index in [1.54, 1.807) is 17.6 Å². The van der Waals surface area contributed by atoms with Crippen molar-refractivity contribution in [2.45, 2.75) is 25.7 Å². The van der Waals surface area contributed by atoms with Crippen molar-refractivity contribution >= 4 is 41.3 Å². The number of aromatic nitrogens is 1. The molecule has 2 atom stereocenters. The van der Waals surface area contributed by atoms with E-state index in [4.69, 9.17) is 14.1 Å². The number of likely N-dealkylation sites (N-methyl/N-ethyl adjacent to an activating group) is 1. The molecule has 1 N–H and O–H groups in total. The Kier molecular flexibility index (Phi) is 9.57. The number of ether oxygens (including phenoxy) is 1. The van der Waals surface area contributed by atoms with Gasteiger partial charge in [0.1, 0.15) is 5.76 Å². The highest BCUT2D eigenvalue weighted by atomic mass is 127. The van der Waals surface area contributed by atoms with Crippen LogP contribution in [0.1, 0.15) is 30.0 Å². The Hall–Kier alpha value is -1.13. The Morgan fingerprint density at radius 1 is 1.52 bits per heavy atom. The lowest BCUT2D eigenvalue weighted by molar-refractivity contribution is 0.187. The summed E-state index contributed by atoms with van der Waals surface area (Å²) in [5, 5.41) is 6.68. The van der Waals surface area contributed by atoms with E-state index in [0.29, 0.717) is 11.8 Å². The van der Waals surface area contributed by atoms with Crippen LogP contribution in [-0.2, 0) is 11.2 Å². The van der Waals surface area contributed by atoms with Crippen molar-refractivity contribution in [1.29, 1.82) is 0 Å². The Morgan fingerprint density at radius 2 is 2.41 bits per heavy atom. The highest BCUT2D eigenvalue weighted by Crippen LogP contribution is 2.18. The number of thiazole rings is 1. The maximum absolute atomic E-state index is 5.47. The molecule has 150 valence electrons. The molecule has 2 unspecified atom stereocenters. The van der Waals surface area contributed by atoms with Gasteiger partial charge in [0, 0.05) is 63.1 Å². The van der Waals surface area contributed by atoms with Gasteiger partial charge in [-0.15, -0.1) is 35.3 Å². The highest BCUT2D eigenvalue weighted by molar-refractivity contribution is 14.0. The van der Waals surface area contributed by atoms with E-state index in [1.165, 1.54) is 0 Å². The van der Waals surface area contributed by atoms with Gasteiger partial charge in [0.2, 0.25) is 0 Å². The molecular formula is C19H29IN4O2S. The average molecular weight is 504 g/mol. The average Bonchev–Trinajstić information content (AvgIpc) is 3.41. The summed E-state index contributed by atoms with van der Waals surface area (Å²) < 4.78 is 10.9. The zero-order chi connectivity index (χ0) is 18.2. The summed E-state index contributed by atoms with van der Waals surface area (Å²) in [6.45, 7) is 6.37. The molecule has 6 nitrogen and oxygen atoms in total. The van der Waals surface area contributed by atoms with Gasteiger partial charge in [-0.1, -0.05) is 6.92 Å². The zero-order valence-corrected chi connectivity index (χ0v) is 19.1. The first-order valence-electron chi connectivity index (χ1n) is 9.21. The summed E-state index contributed by atoms with van der Waals surface area (Å²) in [6, 6.07) is 3.93. The standard InChI is InChI=1S/C19H28N4O2S.HI/c1-15(18-20-8-11-26-18)13-23(2)19(22-12-16-6-10-24-14-16)21-7-5-17-4-3-9-25-17;/h3-4,8-9,11,15-16H,5-7,10,12-14H2,1-2H3,(H,21,22);1H. The number of guanidine groups is 1. The van der Waals surface area contributed by atoms with E-state index in [1.807, 2.05) is 23.7 Å². The number of hydrogen-bond acceptors (Lipinski definition) is 5. The minimum atomic E-state index is 0. The van der Waals surface area contributed by atoms with Gasteiger partial charge in [0.05, 0.1) is 17.9 Å². The zero-order valence-electron chi connectivity index (χ0n) is 16.0. The van der Waals surface area contributed by atoms with Gasteiger partial charge in [0.15, 0.2) is 5.96 Å². The molecule has 1 aliphatic rings. The summed E-state index contributed by atoms with van der Waals surface area (Å²) >= 11 is 1.71. The predicted octanol–water partition coefficient (Wildman–Crippen LogP) is 3.61. The van der Waals surface area contributed by atoms with Crippen LogP contribution < -0.4 is 5.32 Å². The first kappa shape index (κ1) is 22.2. The third-order valence-electron chi connectivity index (χ3n) is 4.54. The first-order chi connectivity index (χ1) is 12.7. The van der Waals surface area contributed by atoms with Crippen LogP contribution in [-0.4, -0.2) is 55.7 Å². The molecule has 0 radical (unpaired) electrons. The van der Waals surface area contributed by atoms with Gasteiger partial charge in [-0.05, 0) is 18.6 Å². The molecule has 8 heteroatoms. The van der Waals surface area contributed by atoms with Crippen LogP contribution >= 0.6 is 35.3 Å². The SMILES string of the molecule is CC(CN(C)C(=NCC1CCOC1)NCCc1ccco1)c1nccs1.I. The van der Waals surface area contributed by atoms with Crippen LogP contribution in [0.4, 0.5) is 0 Å². The molecule has 3 rings (SSSR count). The third kappa shape index (κ3) is 7.08. The van der Waals surface area contributed by atoms with Gasteiger partial charge in [-0.3, -0.25) is 4.99 Å². The summed E-state index contributed by atoms with van der Waals surface area (Å²) in [7, 11) is 2.09. The second kappa shape index (κ2) is 11.7. The number of rotatable bonds is 8. The molecular weight excluding hydrogens is 475 g/mol. The van der Waals surface area contributed by atoms with Crippen LogP contribution in [0, 0.1) is 5.92 Å². The number of furan rings is 1. The third-order valence-corrected chi connectivity index (χ3v) is 5.55. The lowest BCUT2D eigenvalue weighted by atomic mass is 10.1. The molecule has 2 aromatic rings. The van der Waals surface area contributed by atoms with Gasteiger partial charge in [-0.25, -0.2) is 4.98 Å². The van der Waals surface area contributed by atoms with Crippen molar-refractivity contribution in [3.63, 3.8) is 0 Å². The Labute approximate surface area is 182 Å². The molecule has 0 spiro atoms. The highest BCUT2D eigenvalue weighted by Gasteiger charge is 2.18. The van der Waals surface area contributed by atoms with E-state index in [-0.39, 0.29) is 24.0 Å². The van der Waals surface area contributed by atoms with Gasteiger partial charge < -0.3 is 19.4 Å². The van der Waals surface area contributed by atoms with E-state index in [0.717, 1.165) is 62.4 Å². The van der Waals surface area contributed by atoms with E-state index >= 15 is 0 Å². The lowest BCUT2D eigenvalue weighted by Crippen LogP contribution is -2.41. The normalized spacial score (nSPS) is 18.1. The first-order valence-corrected chi connectivity index (χ1v) is 10.1. The molecule has 0 bridgehead atoms. The molecule has 1 aliphatic heterocycles. The fourth-order valence-electron chi connectivity index (χ4n) is 3.06. The van der Waals surface area contributed by atoms with Crippen molar-refractivity contribution in [3.8, 4) is 0 Å². The lowest BCUT2D eigenvalue weighted by Gasteiger charge is -2.25. The van der Waals surface area contributed by atoms with Crippen LogP contribution in [0.25, 0.3) is 0 Å². The fraction of sp³-hybridized carbons (Fsp3) is 0.579. The quantitative estimate of drug-likeness (QED) is 0.338. The minimum Gasteiger partial charge on any atom is -0.469 e. The van der Waals surface area contributed by atoms with Crippen LogP contribution in [0.2, 0.25) is 0 Å². The number of nitrogens with one attached hydrogen (secondary N) is 1. The number of aliphatic imine (C=N–C) groups is 1. The monoisotopic (exact) mass is 504 g/mol. The van der Waals surface area contributed by atoms with Crippen molar-refractivity contribution in [1.82, 2.24) is 15.2 Å². The number of halogens is 1. The molecule has 0 aliphatic carbocycles. The largest absolute Gasteiger partial charge is 0.469 e. The van der Waals surface area contributed by atoms with Crippen LogP contribution in [0.15, 0.2) is 39.4 Å². The van der Waals surface area contributed by atoms with E-state index in [9.17, 15) is 0 Å². The maximum atomic E-state index is 5.47. The second-order valence-corrected chi connectivity index (χ2v) is 7.73. The Balaban J connectivity index is 0.00000261. The second-order valence-electron chi connectivity index (χ2n) is 6.80. The van der Waals surface area contributed by atoms with Crippen LogP contribution in [0.3, 0.4) is 0 Å². The Morgan fingerprint density at radius 3 is 3.07 bits per heavy atom. The predicted molar refractivity (Wildman–Crippen MR) is 120 cm³/mol. The minimum absolute atomic E-state index is 0. The van der Waals surface area contributed by atoms with E-state index in [2.05, 4.69) is 29.2 Å². The molecule has 0 aromatic carbocycles. The molecule has 1 fully saturated rings. The molecule has 2 aromatic heterocycles. The maximum Gasteiger partial charge on any atom is 0.193 e. The molecule has 0 amide bonds.